The van der Waals surface area contributed by atoms with Gasteiger partial charge in [0.25, 0.3) is 5.56 Å². The highest BCUT2D eigenvalue weighted by molar-refractivity contribution is 5.64. The van der Waals surface area contributed by atoms with Crippen molar-refractivity contribution in [2.45, 2.75) is 19.9 Å². The number of hydrogen-bond acceptors (Lipinski definition) is 2. The molecule has 0 amide bonds. The highest BCUT2D eigenvalue weighted by atomic mass is 16.1. The highest BCUT2D eigenvalue weighted by Gasteiger charge is 2.22. The number of nitrogens with zero attached hydrogens (tertiary/aromatic N) is 2. The van der Waals surface area contributed by atoms with Crippen molar-refractivity contribution in [2.75, 3.05) is 0 Å². The van der Waals surface area contributed by atoms with Gasteiger partial charge >= 0.3 is 0 Å². The number of aromatic nitrogens is 2. The summed E-state index contributed by atoms with van der Waals surface area (Å²) in [6.45, 7) is 6.21. The average molecular weight is 238 g/mol. The largest absolute Gasteiger partial charge is 0.288 e. The molecule has 3 nitrogen and oxygen atoms in total. The van der Waals surface area contributed by atoms with E-state index in [1.807, 2.05) is 31.2 Å². The minimum absolute atomic E-state index is 0.0635. The Morgan fingerprint density at radius 1 is 1.44 bits per heavy atom. The zero-order chi connectivity index (χ0) is 12.7. The molecule has 2 heterocycles. The SMILES string of the molecule is C=CCc1c(C)nc2n(c1=O)Cc1ccccc1-2. The number of hydrogen-bond donors (Lipinski definition) is 0. The number of aryl methyl sites for hydroxylation is 1. The van der Waals surface area contributed by atoms with Gasteiger partial charge in [-0.2, -0.15) is 0 Å². The van der Waals surface area contributed by atoms with Crippen LogP contribution in [0.5, 0.6) is 0 Å². The summed E-state index contributed by atoms with van der Waals surface area (Å²) < 4.78 is 1.76. The molecule has 3 heteroatoms. The Balaban J connectivity index is 2.28. The van der Waals surface area contributed by atoms with Crippen molar-refractivity contribution in [2.24, 2.45) is 0 Å². The first-order valence-corrected chi connectivity index (χ1v) is 6.02. The molecule has 0 atom stereocenters. The molecule has 0 fully saturated rings. The topological polar surface area (TPSA) is 34.9 Å². The van der Waals surface area contributed by atoms with Crippen LogP contribution in [0.2, 0.25) is 0 Å². The standard InChI is InChI=1S/C15H14N2O/c1-3-6-12-10(2)16-14-13-8-5-4-7-11(13)9-17(14)15(12)18/h3-5,7-8H,1,6,9H2,2H3. The molecule has 0 unspecified atom stereocenters. The maximum Gasteiger partial charge on any atom is 0.257 e. The molecule has 90 valence electrons. The van der Waals surface area contributed by atoms with Crippen molar-refractivity contribution in [3.8, 4) is 11.4 Å². The van der Waals surface area contributed by atoms with Gasteiger partial charge in [-0.3, -0.25) is 9.36 Å². The first kappa shape index (κ1) is 11.0. The van der Waals surface area contributed by atoms with Crippen LogP contribution in [-0.2, 0) is 13.0 Å². The lowest BCUT2D eigenvalue weighted by Crippen LogP contribution is -2.25. The van der Waals surface area contributed by atoms with E-state index in [2.05, 4.69) is 11.6 Å². The molecule has 0 bridgehead atoms. The zero-order valence-corrected chi connectivity index (χ0v) is 10.3. The first-order valence-electron chi connectivity index (χ1n) is 6.02. The molecule has 2 aromatic rings. The van der Waals surface area contributed by atoms with E-state index in [1.165, 1.54) is 0 Å². The third-order valence-electron chi connectivity index (χ3n) is 3.40. The normalized spacial score (nSPS) is 12.1. The molecule has 0 radical (unpaired) electrons. The summed E-state index contributed by atoms with van der Waals surface area (Å²) in [6.07, 6.45) is 2.33. The van der Waals surface area contributed by atoms with Crippen LogP contribution in [0.3, 0.4) is 0 Å². The summed E-state index contributed by atoms with van der Waals surface area (Å²) in [5.41, 5.74) is 3.86. The van der Waals surface area contributed by atoms with E-state index in [1.54, 1.807) is 10.6 Å². The van der Waals surface area contributed by atoms with E-state index in [9.17, 15) is 4.79 Å². The second kappa shape index (κ2) is 3.95. The van der Waals surface area contributed by atoms with Crippen LogP contribution >= 0.6 is 0 Å². The lowest BCUT2D eigenvalue weighted by atomic mass is 10.1. The van der Waals surface area contributed by atoms with Gasteiger partial charge in [0, 0.05) is 16.8 Å². The molecule has 18 heavy (non-hydrogen) atoms. The van der Waals surface area contributed by atoms with E-state index >= 15 is 0 Å². The van der Waals surface area contributed by atoms with Crippen LogP contribution in [0.15, 0.2) is 41.7 Å². The molecule has 0 spiro atoms. The van der Waals surface area contributed by atoms with E-state index in [4.69, 9.17) is 0 Å². The maximum atomic E-state index is 12.4. The summed E-state index contributed by atoms with van der Waals surface area (Å²) in [6, 6.07) is 8.04. The van der Waals surface area contributed by atoms with Crippen LogP contribution in [0, 0.1) is 6.92 Å². The van der Waals surface area contributed by atoms with Gasteiger partial charge in [0.2, 0.25) is 0 Å². The number of fused-ring (bicyclic) bond motifs is 3. The van der Waals surface area contributed by atoms with E-state index in [0.29, 0.717) is 13.0 Å². The summed E-state index contributed by atoms with van der Waals surface area (Å²) in [5.74, 6) is 0.793. The summed E-state index contributed by atoms with van der Waals surface area (Å²) >= 11 is 0. The molecule has 0 aliphatic carbocycles. The molecule has 1 aliphatic heterocycles. The van der Waals surface area contributed by atoms with Crippen molar-refractivity contribution < 1.29 is 0 Å². The second-order valence-corrected chi connectivity index (χ2v) is 4.54. The molecule has 1 aromatic carbocycles. The van der Waals surface area contributed by atoms with Crippen molar-refractivity contribution in [1.29, 1.82) is 0 Å². The molecule has 3 rings (SSSR count). The minimum atomic E-state index is 0.0635. The van der Waals surface area contributed by atoms with Gasteiger partial charge in [0.15, 0.2) is 0 Å². The van der Waals surface area contributed by atoms with E-state index in [0.717, 1.165) is 28.2 Å². The van der Waals surface area contributed by atoms with Gasteiger partial charge in [-0.05, 0) is 18.9 Å². The molecule has 0 saturated heterocycles. The molecular weight excluding hydrogens is 224 g/mol. The third-order valence-corrected chi connectivity index (χ3v) is 3.40. The Morgan fingerprint density at radius 2 is 2.22 bits per heavy atom. The second-order valence-electron chi connectivity index (χ2n) is 4.54. The Labute approximate surface area is 105 Å². The third kappa shape index (κ3) is 1.44. The molecule has 1 aromatic heterocycles. The summed E-state index contributed by atoms with van der Waals surface area (Å²) in [4.78, 5) is 17.0. The molecule has 1 aliphatic rings. The van der Waals surface area contributed by atoms with Gasteiger partial charge in [-0.15, -0.1) is 6.58 Å². The predicted octanol–water partition coefficient (Wildman–Crippen LogP) is 2.31. The van der Waals surface area contributed by atoms with E-state index < -0.39 is 0 Å². The van der Waals surface area contributed by atoms with Crippen molar-refractivity contribution in [3.05, 3.63) is 64.1 Å². The Kier molecular flexibility index (Phi) is 2.40. The number of rotatable bonds is 2. The smallest absolute Gasteiger partial charge is 0.257 e. The molecule has 0 saturated carbocycles. The van der Waals surface area contributed by atoms with Gasteiger partial charge in [0.05, 0.1) is 6.54 Å². The van der Waals surface area contributed by atoms with Crippen LogP contribution in [0.1, 0.15) is 16.8 Å². The van der Waals surface area contributed by atoms with Crippen LogP contribution in [0.4, 0.5) is 0 Å². The van der Waals surface area contributed by atoms with Gasteiger partial charge in [-0.1, -0.05) is 30.3 Å². The van der Waals surface area contributed by atoms with Crippen molar-refractivity contribution in [1.82, 2.24) is 9.55 Å². The fourth-order valence-electron chi connectivity index (χ4n) is 2.48. The van der Waals surface area contributed by atoms with Crippen molar-refractivity contribution >= 4 is 0 Å². The number of allylic oxidation sites excluding steroid dienone is 1. The maximum absolute atomic E-state index is 12.4. The lowest BCUT2D eigenvalue weighted by Gasteiger charge is -2.08. The fraction of sp³-hybridized carbons (Fsp3) is 0.200. The zero-order valence-electron chi connectivity index (χ0n) is 10.3. The monoisotopic (exact) mass is 238 g/mol. The first-order chi connectivity index (χ1) is 8.72. The fourth-order valence-corrected chi connectivity index (χ4v) is 2.48. The quantitative estimate of drug-likeness (QED) is 0.642. The Bertz CT molecular complexity index is 698. The molecular formula is C15H14N2O. The molecule has 0 N–H and O–H groups in total. The van der Waals surface area contributed by atoms with Crippen molar-refractivity contribution in [3.63, 3.8) is 0 Å². The van der Waals surface area contributed by atoms with E-state index in [-0.39, 0.29) is 5.56 Å². The summed E-state index contributed by atoms with van der Waals surface area (Å²) in [5, 5.41) is 0. The Hall–Kier alpha value is -2.16. The summed E-state index contributed by atoms with van der Waals surface area (Å²) in [7, 11) is 0. The highest BCUT2D eigenvalue weighted by Crippen LogP contribution is 2.28. The van der Waals surface area contributed by atoms with Gasteiger partial charge in [-0.25, -0.2) is 4.98 Å². The van der Waals surface area contributed by atoms with Gasteiger partial charge in [0.1, 0.15) is 5.82 Å². The van der Waals surface area contributed by atoms with Gasteiger partial charge < -0.3 is 0 Å². The van der Waals surface area contributed by atoms with Crippen LogP contribution < -0.4 is 5.56 Å². The minimum Gasteiger partial charge on any atom is -0.288 e. The predicted molar refractivity (Wildman–Crippen MR) is 71.7 cm³/mol. The van der Waals surface area contributed by atoms with Crippen LogP contribution in [0.25, 0.3) is 11.4 Å². The average Bonchev–Trinajstić information content (AvgIpc) is 2.74. The van der Waals surface area contributed by atoms with Crippen LogP contribution in [-0.4, -0.2) is 9.55 Å². The lowest BCUT2D eigenvalue weighted by molar-refractivity contribution is 0.761. The Morgan fingerprint density at radius 3 is 3.00 bits per heavy atom. The number of benzene rings is 1.